The fourth-order valence-electron chi connectivity index (χ4n) is 1.95. The van der Waals surface area contributed by atoms with E-state index in [4.69, 9.17) is 34.8 Å². The van der Waals surface area contributed by atoms with Crippen LogP contribution in [0.25, 0.3) is 0 Å². The van der Waals surface area contributed by atoms with Gasteiger partial charge in [-0.15, -0.1) is 0 Å². The summed E-state index contributed by atoms with van der Waals surface area (Å²) in [6, 6.07) is 5.13. The summed E-state index contributed by atoms with van der Waals surface area (Å²) < 4.78 is 0. The van der Waals surface area contributed by atoms with Gasteiger partial charge in [0, 0.05) is 11.8 Å². The molecule has 0 bridgehead atoms. The summed E-state index contributed by atoms with van der Waals surface area (Å²) in [5.74, 6) is -0.261. The number of anilines is 1. The number of hydrogen-bond donors (Lipinski definition) is 0. The van der Waals surface area contributed by atoms with Gasteiger partial charge in [-0.1, -0.05) is 29.3 Å². The number of hydrogen-bond acceptors (Lipinski definition) is 3. The van der Waals surface area contributed by atoms with Crippen LogP contribution in [0.15, 0.2) is 24.4 Å². The van der Waals surface area contributed by atoms with Gasteiger partial charge in [0.25, 0.3) is 5.91 Å². The van der Waals surface area contributed by atoms with Gasteiger partial charge in [-0.3, -0.25) is 4.79 Å². The van der Waals surface area contributed by atoms with Crippen LogP contribution in [0.5, 0.6) is 0 Å². The molecule has 0 atom stereocenters. The van der Waals surface area contributed by atoms with Crippen molar-refractivity contribution in [2.75, 3.05) is 4.90 Å². The third-order valence-electron chi connectivity index (χ3n) is 2.83. The van der Waals surface area contributed by atoms with Gasteiger partial charge in [0.1, 0.15) is 5.69 Å². The number of halogens is 3. The molecule has 0 unspecified atom stereocenters. The number of rotatable bonds is 1. The van der Waals surface area contributed by atoms with E-state index in [1.54, 1.807) is 24.4 Å². The zero-order chi connectivity index (χ0) is 13.6. The summed E-state index contributed by atoms with van der Waals surface area (Å²) in [5, 5.41) is 0.780. The topological polar surface area (TPSA) is 46.1 Å². The van der Waals surface area contributed by atoms with Crippen LogP contribution in [-0.4, -0.2) is 15.9 Å². The van der Waals surface area contributed by atoms with Crippen molar-refractivity contribution >= 4 is 46.4 Å². The molecule has 1 amide bonds. The first-order valence-corrected chi connectivity index (χ1v) is 6.48. The first-order chi connectivity index (χ1) is 9.08. The molecule has 0 spiro atoms. The van der Waals surface area contributed by atoms with E-state index in [-0.39, 0.29) is 11.2 Å². The summed E-state index contributed by atoms with van der Waals surface area (Å²) in [7, 11) is 0. The Morgan fingerprint density at radius 1 is 1.21 bits per heavy atom. The summed E-state index contributed by atoms with van der Waals surface area (Å²) in [6.45, 7) is 0.353. The number of fused-ring (bicyclic) bond motifs is 1. The highest BCUT2D eigenvalue weighted by Crippen LogP contribution is 2.36. The second kappa shape index (κ2) is 4.63. The third kappa shape index (κ3) is 2.06. The van der Waals surface area contributed by atoms with Crippen molar-refractivity contribution in [3.05, 3.63) is 51.0 Å². The van der Waals surface area contributed by atoms with Gasteiger partial charge in [0.15, 0.2) is 0 Å². The molecule has 1 aliphatic heterocycles. The zero-order valence-electron chi connectivity index (χ0n) is 9.40. The van der Waals surface area contributed by atoms with Crippen LogP contribution in [0.3, 0.4) is 0 Å². The van der Waals surface area contributed by atoms with E-state index >= 15 is 0 Å². The smallest absolute Gasteiger partial charge is 0.277 e. The Labute approximate surface area is 123 Å². The van der Waals surface area contributed by atoms with Crippen LogP contribution in [0.4, 0.5) is 5.69 Å². The minimum Gasteiger partial charge on any atom is -0.301 e. The van der Waals surface area contributed by atoms with E-state index in [1.807, 2.05) is 0 Å². The largest absolute Gasteiger partial charge is 0.301 e. The number of carbonyl (C=O) groups is 1. The highest BCUT2D eigenvalue weighted by Gasteiger charge is 2.32. The Balaban J connectivity index is 2.07. The summed E-state index contributed by atoms with van der Waals surface area (Å²) in [4.78, 5) is 21.6. The number of aromatic nitrogens is 2. The lowest BCUT2D eigenvalue weighted by Crippen LogP contribution is -2.23. The van der Waals surface area contributed by atoms with Crippen LogP contribution < -0.4 is 4.90 Å². The van der Waals surface area contributed by atoms with Gasteiger partial charge in [-0.2, -0.15) is 0 Å². The maximum atomic E-state index is 12.3. The summed E-state index contributed by atoms with van der Waals surface area (Å²) >= 11 is 17.8. The molecule has 0 radical (unpaired) electrons. The van der Waals surface area contributed by atoms with Crippen molar-refractivity contribution in [1.82, 2.24) is 9.97 Å². The molecule has 7 heteroatoms. The minimum atomic E-state index is -0.261. The summed E-state index contributed by atoms with van der Waals surface area (Å²) in [5.41, 5.74) is 1.56. The van der Waals surface area contributed by atoms with Crippen molar-refractivity contribution in [2.24, 2.45) is 0 Å². The number of carbonyl (C=O) groups excluding carboxylic acids is 1. The Kier molecular flexibility index (Phi) is 3.09. The molecule has 1 aliphatic rings. The van der Waals surface area contributed by atoms with Crippen molar-refractivity contribution in [3.63, 3.8) is 0 Å². The van der Waals surface area contributed by atoms with Gasteiger partial charge in [0.05, 0.1) is 22.3 Å². The number of nitrogens with zero attached hydrogens (tertiary/aromatic N) is 3. The molecule has 0 fully saturated rings. The van der Waals surface area contributed by atoms with Crippen LogP contribution in [0.2, 0.25) is 15.3 Å². The maximum Gasteiger partial charge on any atom is 0.277 e. The summed E-state index contributed by atoms with van der Waals surface area (Å²) in [6.07, 6.45) is 1.54. The van der Waals surface area contributed by atoms with Crippen LogP contribution in [-0.2, 0) is 6.54 Å². The van der Waals surface area contributed by atoms with E-state index in [9.17, 15) is 4.79 Å². The van der Waals surface area contributed by atoms with E-state index in [1.165, 1.54) is 4.90 Å². The van der Waals surface area contributed by atoms with E-state index in [0.717, 1.165) is 0 Å². The van der Waals surface area contributed by atoms with Gasteiger partial charge < -0.3 is 4.90 Å². The fourth-order valence-corrected chi connectivity index (χ4v) is 2.48. The average Bonchev–Trinajstić information content (AvgIpc) is 2.70. The second-order valence-electron chi connectivity index (χ2n) is 3.98. The Hall–Kier alpha value is -1.36. The van der Waals surface area contributed by atoms with Crippen LogP contribution >= 0.6 is 34.8 Å². The van der Waals surface area contributed by atoms with Gasteiger partial charge in [-0.25, -0.2) is 9.97 Å². The second-order valence-corrected chi connectivity index (χ2v) is 5.10. The first kappa shape index (κ1) is 12.7. The first-order valence-electron chi connectivity index (χ1n) is 5.35. The van der Waals surface area contributed by atoms with Crippen molar-refractivity contribution in [3.8, 4) is 0 Å². The third-order valence-corrected chi connectivity index (χ3v) is 3.82. The lowest BCUT2D eigenvalue weighted by atomic mass is 10.3. The molecule has 1 aromatic heterocycles. The lowest BCUT2D eigenvalue weighted by molar-refractivity contribution is 0.0992. The average molecular weight is 315 g/mol. The van der Waals surface area contributed by atoms with Gasteiger partial charge >= 0.3 is 0 Å². The Morgan fingerprint density at radius 3 is 2.79 bits per heavy atom. The normalized spacial score (nSPS) is 13.8. The Bertz CT molecular complexity index is 690. The monoisotopic (exact) mass is 313 g/mol. The minimum absolute atomic E-state index is 0.0474. The quantitative estimate of drug-likeness (QED) is 0.756. The van der Waals surface area contributed by atoms with Crippen LogP contribution in [0, 0.1) is 0 Å². The predicted octanol–water partition coefficient (Wildman–Crippen LogP) is 3.60. The Morgan fingerprint density at radius 2 is 2.00 bits per heavy atom. The lowest BCUT2D eigenvalue weighted by Gasteiger charge is -2.17. The SMILES string of the molecule is O=C1c2nc(Cl)ncc2CN1c1cccc(Cl)c1Cl. The molecular weight excluding hydrogens is 309 g/mol. The highest BCUT2D eigenvalue weighted by atomic mass is 35.5. The molecule has 96 valence electrons. The van der Waals surface area contributed by atoms with E-state index < -0.39 is 0 Å². The molecule has 0 N–H and O–H groups in total. The standard InChI is InChI=1S/C12H6Cl3N3O/c13-7-2-1-3-8(9(7)14)18-5-6-4-16-12(15)17-10(6)11(18)19/h1-4H,5H2. The molecule has 2 heterocycles. The van der Waals surface area contributed by atoms with Crippen molar-refractivity contribution < 1.29 is 4.79 Å². The molecule has 19 heavy (non-hydrogen) atoms. The van der Waals surface area contributed by atoms with E-state index in [0.29, 0.717) is 33.5 Å². The highest BCUT2D eigenvalue weighted by molar-refractivity contribution is 6.44. The fraction of sp³-hybridized carbons (Fsp3) is 0.0833. The molecule has 1 aromatic carbocycles. The van der Waals surface area contributed by atoms with Crippen LogP contribution in [0.1, 0.15) is 16.1 Å². The van der Waals surface area contributed by atoms with Gasteiger partial charge in [0.2, 0.25) is 5.28 Å². The number of amides is 1. The molecule has 4 nitrogen and oxygen atoms in total. The van der Waals surface area contributed by atoms with Gasteiger partial charge in [-0.05, 0) is 23.7 Å². The predicted molar refractivity (Wildman–Crippen MR) is 74.0 cm³/mol. The molecule has 0 saturated carbocycles. The molecule has 0 saturated heterocycles. The molecule has 2 aromatic rings. The molecule has 0 aliphatic carbocycles. The van der Waals surface area contributed by atoms with Crippen molar-refractivity contribution in [1.29, 1.82) is 0 Å². The molecule has 3 rings (SSSR count). The van der Waals surface area contributed by atoms with Crippen molar-refractivity contribution in [2.45, 2.75) is 6.54 Å². The molecular formula is C12H6Cl3N3O. The zero-order valence-corrected chi connectivity index (χ0v) is 11.7. The van der Waals surface area contributed by atoms with E-state index in [2.05, 4.69) is 9.97 Å². The number of benzene rings is 1. The maximum absolute atomic E-state index is 12.3.